The molecule has 1 aromatic rings. The first-order valence-corrected chi connectivity index (χ1v) is 8.16. The van der Waals surface area contributed by atoms with E-state index in [-0.39, 0.29) is 12.0 Å². The SMILES string of the molecule is CC(CN1CCC(CN(C)C)CC1)C(O)c1ccccc1. The van der Waals surface area contributed by atoms with E-state index in [2.05, 4.69) is 30.8 Å². The second-order valence-electron chi connectivity index (χ2n) is 6.84. The van der Waals surface area contributed by atoms with Gasteiger partial charge in [0.2, 0.25) is 0 Å². The number of rotatable bonds is 6. The summed E-state index contributed by atoms with van der Waals surface area (Å²) in [5, 5.41) is 10.5. The lowest BCUT2D eigenvalue weighted by Gasteiger charge is -2.35. The van der Waals surface area contributed by atoms with Crippen LogP contribution in [0.5, 0.6) is 0 Å². The van der Waals surface area contributed by atoms with E-state index in [1.54, 1.807) is 0 Å². The van der Waals surface area contributed by atoms with Gasteiger partial charge in [-0.25, -0.2) is 0 Å². The molecule has 1 N–H and O–H groups in total. The fourth-order valence-corrected chi connectivity index (χ4v) is 3.35. The Kier molecular flexibility index (Phi) is 6.22. The summed E-state index contributed by atoms with van der Waals surface area (Å²) in [5.74, 6) is 1.11. The van der Waals surface area contributed by atoms with Crippen LogP contribution < -0.4 is 0 Å². The Balaban J connectivity index is 1.78. The van der Waals surface area contributed by atoms with E-state index in [1.807, 2.05) is 30.3 Å². The molecule has 2 unspecified atom stereocenters. The molecule has 2 atom stereocenters. The van der Waals surface area contributed by atoms with Crippen molar-refractivity contribution in [3.63, 3.8) is 0 Å². The van der Waals surface area contributed by atoms with Crippen molar-refractivity contribution in [3.8, 4) is 0 Å². The van der Waals surface area contributed by atoms with E-state index in [4.69, 9.17) is 0 Å². The Labute approximate surface area is 129 Å². The van der Waals surface area contributed by atoms with Gasteiger partial charge in [-0.15, -0.1) is 0 Å². The molecule has 118 valence electrons. The molecule has 0 spiro atoms. The predicted octanol–water partition coefficient (Wildman–Crippen LogP) is 2.63. The van der Waals surface area contributed by atoms with Crippen molar-refractivity contribution in [1.29, 1.82) is 0 Å². The molecule has 1 saturated heterocycles. The van der Waals surface area contributed by atoms with Crippen molar-refractivity contribution in [2.75, 3.05) is 40.3 Å². The Hall–Kier alpha value is -0.900. The van der Waals surface area contributed by atoms with Gasteiger partial charge in [0.25, 0.3) is 0 Å². The average molecular weight is 290 g/mol. The van der Waals surface area contributed by atoms with E-state index >= 15 is 0 Å². The van der Waals surface area contributed by atoms with E-state index < -0.39 is 0 Å². The Morgan fingerprint density at radius 1 is 1.19 bits per heavy atom. The molecule has 3 nitrogen and oxygen atoms in total. The maximum Gasteiger partial charge on any atom is 0.0827 e. The van der Waals surface area contributed by atoms with Crippen LogP contribution in [-0.2, 0) is 0 Å². The van der Waals surface area contributed by atoms with Crippen LogP contribution in [0.1, 0.15) is 31.4 Å². The zero-order chi connectivity index (χ0) is 15.2. The lowest BCUT2D eigenvalue weighted by atomic mass is 9.93. The lowest BCUT2D eigenvalue weighted by Crippen LogP contribution is -2.40. The zero-order valence-electron chi connectivity index (χ0n) is 13.7. The number of likely N-dealkylation sites (tertiary alicyclic amines) is 1. The highest BCUT2D eigenvalue weighted by Gasteiger charge is 2.23. The van der Waals surface area contributed by atoms with Gasteiger partial charge in [0.1, 0.15) is 0 Å². The van der Waals surface area contributed by atoms with Gasteiger partial charge in [-0.3, -0.25) is 0 Å². The normalized spacial score (nSPS) is 20.6. The second-order valence-corrected chi connectivity index (χ2v) is 6.84. The third-order valence-electron chi connectivity index (χ3n) is 4.56. The molecular formula is C18H30N2O. The number of hydrogen-bond acceptors (Lipinski definition) is 3. The summed E-state index contributed by atoms with van der Waals surface area (Å²) in [6, 6.07) is 10.0. The van der Waals surface area contributed by atoms with Crippen molar-refractivity contribution >= 4 is 0 Å². The number of aliphatic hydroxyl groups is 1. The van der Waals surface area contributed by atoms with Crippen LogP contribution in [0.2, 0.25) is 0 Å². The van der Waals surface area contributed by atoms with Gasteiger partial charge in [0.05, 0.1) is 6.10 Å². The van der Waals surface area contributed by atoms with E-state index in [9.17, 15) is 5.11 Å². The fourth-order valence-electron chi connectivity index (χ4n) is 3.35. The van der Waals surface area contributed by atoms with Gasteiger partial charge in [0.15, 0.2) is 0 Å². The van der Waals surface area contributed by atoms with Gasteiger partial charge in [-0.2, -0.15) is 0 Å². The fraction of sp³-hybridized carbons (Fsp3) is 0.667. The summed E-state index contributed by atoms with van der Waals surface area (Å²) >= 11 is 0. The van der Waals surface area contributed by atoms with Crippen molar-refractivity contribution in [2.45, 2.75) is 25.9 Å². The molecule has 21 heavy (non-hydrogen) atoms. The first-order valence-electron chi connectivity index (χ1n) is 8.16. The summed E-state index contributed by atoms with van der Waals surface area (Å²) < 4.78 is 0. The summed E-state index contributed by atoms with van der Waals surface area (Å²) in [6.07, 6.45) is 2.21. The molecule has 0 bridgehead atoms. The Morgan fingerprint density at radius 2 is 1.81 bits per heavy atom. The highest BCUT2D eigenvalue weighted by molar-refractivity contribution is 5.17. The molecule has 0 radical (unpaired) electrons. The first-order chi connectivity index (χ1) is 10.1. The average Bonchev–Trinajstić information content (AvgIpc) is 2.49. The van der Waals surface area contributed by atoms with Crippen LogP contribution in [0.15, 0.2) is 30.3 Å². The first kappa shape index (κ1) is 16.5. The summed E-state index contributed by atoms with van der Waals surface area (Å²) in [4.78, 5) is 4.81. The second kappa shape index (κ2) is 7.92. The molecule has 1 aromatic carbocycles. The summed E-state index contributed by atoms with van der Waals surface area (Å²) in [5.41, 5.74) is 1.03. The summed E-state index contributed by atoms with van der Waals surface area (Å²) in [7, 11) is 4.31. The molecule has 1 fully saturated rings. The monoisotopic (exact) mass is 290 g/mol. The molecule has 1 aliphatic rings. The van der Waals surface area contributed by atoms with Crippen LogP contribution in [0.25, 0.3) is 0 Å². The van der Waals surface area contributed by atoms with Crippen LogP contribution >= 0.6 is 0 Å². The van der Waals surface area contributed by atoms with Crippen molar-refractivity contribution in [3.05, 3.63) is 35.9 Å². The molecule has 0 aliphatic carbocycles. The highest BCUT2D eigenvalue weighted by Crippen LogP contribution is 2.24. The molecule has 0 saturated carbocycles. The third kappa shape index (κ3) is 5.10. The smallest absolute Gasteiger partial charge is 0.0827 e. The van der Waals surface area contributed by atoms with Gasteiger partial charge in [0, 0.05) is 13.1 Å². The van der Waals surface area contributed by atoms with E-state index in [0.29, 0.717) is 0 Å². The molecule has 0 aromatic heterocycles. The van der Waals surface area contributed by atoms with Gasteiger partial charge in [-0.05, 0) is 57.4 Å². The maximum atomic E-state index is 10.5. The lowest BCUT2D eigenvalue weighted by molar-refractivity contribution is 0.0726. The Morgan fingerprint density at radius 3 is 2.38 bits per heavy atom. The molecule has 1 heterocycles. The van der Waals surface area contributed by atoms with Crippen LogP contribution in [0, 0.1) is 11.8 Å². The van der Waals surface area contributed by atoms with Gasteiger partial charge in [-0.1, -0.05) is 37.3 Å². The van der Waals surface area contributed by atoms with Gasteiger partial charge >= 0.3 is 0 Å². The number of piperidine rings is 1. The molecule has 1 aliphatic heterocycles. The Bertz CT molecular complexity index is 399. The minimum Gasteiger partial charge on any atom is -0.388 e. The van der Waals surface area contributed by atoms with E-state index in [0.717, 1.165) is 18.0 Å². The van der Waals surface area contributed by atoms with Crippen LogP contribution in [0.4, 0.5) is 0 Å². The largest absolute Gasteiger partial charge is 0.388 e. The van der Waals surface area contributed by atoms with Crippen LogP contribution in [-0.4, -0.2) is 55.2 Å². The quantitative estimate of drug-likeness (QED) is 0.872. The van der Waals surface area contributed by atoms with Gasteiger partial charge < -0.3 is 14.9 Å². The maximum absolute atomic E-state index is 10.5. The van der Waals surface area contributed by atoms with Crippen molar-refractivity contribution in [1.82, 2.24) is 9.80 Å². The van der Waals surface area contributed by atoms with Crippen molar-refractivity contribution in [2.24, 2.45) is 11.8 Å². The zero-order valence-corrected chi connectivity index (χ0v) is 13.7. The standard InChI is InChI=1S/C18H30N2O/c1-15(18(21)17-7-5-4-6-8-17)13-20-11-9-16(10-12-20)14-19(2)3/h4-8,15-16,18,21H,9-14H2,1-3H3. The number of aliphatic hydroxyl groups excluding tert-OH is 1. The minimum atomic E-state index is -0.356. The predicted molar refractivity (Wildman–Crippen MR) is 88.3 cm³/mol. The molecule has 0 amide bonds. The molecule has 2 rings (SSSR count). The van der Waals surface area contributed by atoms with E-state index in [1.165, 1.54) is 32.5 Å². The summed E-state index contributed by atoms with van der Waals surface area (Å²) in [6.45, 7) is 6.69. The van der Waals surface area contributed by atoms with Crippen LogP contribution in [0.3, 0.4) is 0 Å². The number of nitrogens with zero attached hydrogens (tertiary/aromatic N) is 2. The minimum absolute atomic E-state index is 0.276. The topological polar surface area (TPSA) is 26.7 Å². The third-order valence-corrected chi connectivity index (χ3v) is 4.56. The molecular weight excluding hydrogens is 260 g/mol. The highest BCUT2D eigenvalue weighted by atomic mass is 16.3. The number of hydrogen-bond donors (Lipinski definition) is 1. The number of benzene rings is 1. The van der Waals surface area contributed by atoms with Crippen molar-refractivity contribution < 1.29 is 5.11 Å². The molecule has 3 heteroatoms.